The Morgan fingerprint density at radius 2 is 1.86 bits per heavy atom. The molecule has 0 aromatic rings. The van der Waals surface area contributed by atoms with Crippen molar-refractivity contribution in [3.8, 4) is 0 Å². The maximum atomic E-state index is 10.6. The van der Waals surface area contributed by atoms with Gasteiger partial charge in [-0.3, -0.25) is 4.79 Å². The first-order valence-electron chi connectivity index (χ1n) is 5.57. The van der Waals surface area contributed by atoms with Gasteiger partial charge in [-0.1, -0.05) is 51.5 Å². The molecule has 0 fully saturated rings. The van der Waals surface area contributed by atoms with Gasteiger partial charge < -0.3 is 5.11 Å². The largest absolute Gasteiger partial charge is 0.481 e. The van der Waals surface area contributed by atoms with E-state index in [4.69, 9.17) is 5.11 Å². The normalized spacial score (nSPS) is 12.4. The molecule has 0 aliphatic heterocycles. The third kappa shape index (κ3) is 6.70. The highest BCUT2D eigenvalue weighted by molar-refractivity contribution is 5.71. The van der Waals surface area contributed by atoms with Gasteiger partial charge in [0.2, 0.25) is 0 Å². The third-order valence-electron chi connectivity index (χ3n) is 2.47. The lowest BCUT2D eigenvalue weighted by Gasteiger charge is -2.06. The van der Waals surface area contributed by atoms with E-state index in [0.29, 0.717) is 0 Å². The number of hydrogen-bond acceptors (Lipinski definition) is 1. The summed E-state index contributed by atoms with van der Waals surface area (Å²) >= 11 is 0. The van der Waals surface area contributed by atoms with Gasteiger partial charge in [0.1, 0.15) is 0 Å². The Bertz CT molecular complexity index is 164. The first-order valence-corrected chi connectivity index (χ1v) is 5.57. The minimum Gasteiger partial charge on any atom is -0.481 e. The van der Waals surface area contributed by atoms with Gasteiger partial charge in [0, 0.05) is 0 Å². The molecule has 14 heavy (non-hydrogen) atoms. The van der Waals surface area contributed by atoms with Crippen molar-refractivity contribution in [2.24, 2.45) is 5.92 Å². The van der Waals surface area contributed by atoms with Crippen LogP contribution in [0, 0.1) is 5.92 Å². The van der Waals surface area contributed by atoms with Crippen LogP contribution >= 0.6 is 0 Å². The molecule has 0 rings (SSSR count). The van der Waals surface area contributed by atoms with Gasteiger partial charge in [0.15, 0.2) is 0 Å². The minimum absolute atomic E-state index is 0.346. The van der Waals surface area contributed by atoms with Crippen molar-refractivity contribution in [2.75, 3.05) is 0 Å². The molecule has 0 saturated heterocycles. The highest BCUT2D eigenvalue weighted by atomic mass is 16.4. The number of carbonyl (C=O) groups is 1. The first-order chi connectivity index (χ1) is 6.72. The van der Waals surface area contributed by atoms with Gasteiger partial charge in [-0.2, -0.15) is 0 Å². The van der Waals surface area contributed by atoms with E-state index in [2.05, 4.69) is 13.5 Å². The molecule has 82 valence electrons. The summed E-state index contributed by atoms with van der Waals surface area (Å²) in [4.78, 5) is 10.6. The van der Waals surface area contributed by atoms with Crippen LogP contribution < -0.4 is 0 Å². The molecule has 2 nitrogen and oxygen atoms in total. The van der Waals surface area contributed by atoms with Gasteiger partial charge in [-0.25, -0.2) is 0 Å². The van der Waals surface area contributed by atoms with Crippen LogP contribution in [0.25, 0.3) is 0 Å². The summed E-state index contributed by atoms with van der Waals surface area (Å²) in [5.41, 5.74) is 0. The quantitative estimate of drug-likeness (QED) is 0.454. The van der Waals surface area contributed by atoms with E-state index < -0.39 is 5.97 Å². The van der Waals surface area contributed by atoms with E-state index >= 15 is 0 Å². The molecule has 0 bridgehead atoms. The van der Waals surface area contributed by atoms with Crippen LogP contribution in [0.15, 0.2) is 12.7 Å². The second kappa shape index (κ2) is 8.79. The lowest BCUT2D eigenvalue weighted by molar-refractivity contribution is -0.140. The lowest BCUT2D eigenvalue weighted by Crippen LogP contribution is -2.10. The SMILES string of the molecule is C=CC(CCCCCCCC)C(=O)O. The second-order valence-electron chi connectivity index (χ2n) is 3.74. The number of unbranched alkanes of at least 4 members (excludes halogenated alkanes) is 5. The molecule has 0 radical (unpaired) electrons. The molecule has 1 N–H and O–H groups in total. The fraction of sp³-hybridized carbons (Fsp3) is 0.750. The Hall–Kier alpha value is -0.790. The van der Waals surface area contributed by atoms with Crippen molar-refractivity contribution in [1.82, 2.24) is 0 Å². The summed E-state index contributed by atoms with van der Waals surface area (Å²) < 4.78 is 0. The summed E-state index contributed by atoms with van der Waals surface area (Å²) in [5.74, 6) is -1.09. The number of rotatable bonds is 9. The standard InChI is InChI=1S/C12H22O2/c1-3-5-6-7-8-9-10-11(4-2)12(13)14/h4,11H,2-3,5-10H2,1H3,(H,13,14). The van der Waals surface area contributed by atoms with Crippen LogP contribution in [0.3, 0.4) is 0 Å². The van der Waals surface area contributed by atoms with Crippen LogP contribution in [0.4, 0.5) is 0 Å². The second-order valence-corrected chi connectivity index (χ2v) is 3.74. The van der Waals surface area contributed by atoms with Gasteiger partial charge in [0.25, 0.3) is 0 Å². The van der Waals surface area contributed by atoms with E-state index in [1.165, 1.54) is 31.8 Å². The summed E-state index contributed by atoms with van der Waals surface area (Å²) in [6, 6.07) is 0. The van der Waals surface area contributed by atoms with Crippen LogP contribution in [0.5, 0.6) is 0 Å². The number of aliphatic carboxylic acids is 1. The van der Waals surface area contributed by atoms with Gasteiger partial charge in [-0.05, 0) is 6.42 Å². The fourth-order valence-electron chi connectivity index (χ4n) is 1.49. The maximum Gasteiger partial charge on any atom is 0.310 e. The molecule has 1 atom stereocenters. The lowest BCUT2D eigenvalue weighted by atomic mass is 10.0. The molecule has 2 heteroatoms. The van der Waals surface area contributed by atoms with Crippen LogP contribution in [0.2, 0.25) is 0 Å². The average Bonchev–Trinajstić information content (AvgIpc) is 2.16. The highest BCUT2D eigenvalue weighted by Gasteiger charge is 2.11. The average molecular weight is 198 g/mol. The van der Waals surface area contributed by atoms with E-state index in [0.717, 1.165) is 19.3 Å². The van der Waals surface area contributed by atoms with Crippen molar-refractivity contribution in [2.45, 2.75) is 51.9 Å². The molecule has 0 spiro atoms. The van der Waals surface area contributed by atoms with Gasteiger partial charge >= 0.3 is 5.97 Å². The van der Waals surface area contributed by atoms with Crippen LogP contribution in [-0.4, -0.2) is 11.1 Å². The van der Waals surface area contributed by atoms with Crippen molar-refractivity contribution >= 4 is 5.97 Å². The summed E-state index contributed by atoms with van der Waals surface area (Å²) in [7, 11) is 0. The first kappa shape index (κ1) is 13.2. The summed E-state index contributed by atoms with van der Waals surface area (Å²) in [5, 5.41) is 8.74. The Morgan fingerprint density at radius 3 is 2.36 bits per heavy atom. The molecule has 0 aromatic carbocycles. The predicted molar refractivity (Wildman–Crippen MR) is 59.3 cm³/mol. The molecule has 1 unspecified atom stereocenters. The Morgan fingerprint density at radius 1 is 1.29 bits per heavy atom. The van der Waals surface area contributed by atoms with E-state index in [1.54, 1.807) is 0 Å². The molecule has 0 heterocycles. The molecule has 0 aliphatic rings. The van der Waals surface area contributed by atoms with E-state index in [9.17, 15) is 4.79 Å². The Kier molecular flexibility index (Phi) is 8.30. The zero-order valence-corrected chi connectivity index (χ0v) is 9.17. The molecule has 0 aromatic heterocycles. The monoisotopic (exact) mass is 198 g/mol. The summed E-state index contributed by atoms with van der Waals surface area (Å²) in [6.45, 7) is 5.72. The number of hydrogen-bond donors (Lipinski definition) is 1. The van der Waals surface area contributed by atoms with Crippen LogP contribution in [-0.2, 0) is 4.79 Å². The fourth-order valence-corrected chi connectivity index (χ4v) is 1.49. The van der Waals surface area contributed by atoms with Crippen molar-refractivity contribution in [3.05, 3.63) is 12.7 Å². The molecule has 0 aliphatic carbocycles. The molecular weight excluding hydrogens is 176 g/mol. The highest BCUT2D eigenvalue weighted by Crippen LogP contribution is 2.13. The van der Waals surface area contributed by atoms with E-state index in [-0.39, 0.29) is 5.92 Å². The Balaban J connectivity index is 3.33. The molecular formula is C12H22O2. The van der Waals surface area contributed by atoms with Crippen molar-refractivity contribution in [1.29, 1.82) is 0 Å². The van der Waals surface area contributed by atoms with Crippen molar-refractivity contribution in [3.63, 3.8) is 0 Å². The zero-order chi connectivity index (χ0) is 10.8. The Labute approximate surface area is 87.0 Å². The third-order valence-corrected chi connectivity index (χ3v) is 2.47. The topological polar surface area (TPSA) is 37.3 Å². The zero-order valence-electron chi connectivity index (χ0n) is 9.17. The number of carboxylic acids is 1. The molecule has 0 saturated carbocycles. The minimum atomic E-state index is -0.742. The molecule has 0 amide bonds. The van der Waals surface area contributed by atoms with Gasteiger partial charge in [-0.15, -0.1) is 6.58 Å². The number of carboxylic acid groups (broad SMARTS) is 1. The van der Waals surface area contributed by atoms with Gasteiger partial charge in [0.05, 0.1) is 5.92 Å². The smallest absolute Gasteiger partial charge is 0.310 e. The van der Waals surface area contributed by atoms with Crippen LogP contribution in [0.1, 0.15) is 51.9 Å². The van der Waals surface area contributed by atoms with Crippen molar-refractivity contribution < 1.29 is 9.90 Å². The summed E-state index contributed by atoms with van der Waals surface area (Å²) in [6.07, 6.45) is 9.50. The predicted octanol–water partition coefficient (Wildman–Crippen LogP) is 3.62. The van der Waals surface area contributed by atoms with E-state index in [1.807, 2.05) is 0 Å². The maximum absolute atomic E-state index is 10.6.